The molecule has 29 heavy (non-hydrogen) atoms. The van der Waals surface area contributed by atoms with Crippen molar-refractivity contribution in [2.45, 2.75) is 39.3 Å². The highest BCUT2D eigenvalue weighted by atomic mass is 16.2. The molecule has 4 amide bonds. The lowest BCUT2D eigenvalue weighted by Gasteiger charge is -2.34. The summed E-state index contributed by atoms with van der Waals surface area (Å²) in [4.78, 5) is 40.0. The van der Waals surface area contributed by atoms with E-state index < -0.39 is 0 Å². The van der Waals surface area contributed by atoms with E-state index in [1.54, 1.807) is 4.90 Å². The normalized spacial score (nSPS) is 15.4. The predicted molar refractivity (Wildman–Crippen MR) is 112 cm³/mol. The maximum absolute atomic E-state index is 12.3. The molecule has 3 N–H and O–H groups in total. The quantitative estimate of drug-likeness (QED) is 0.572. The van der Waals surface area contributed by atoms with E-state index in [1.807, 2.05) is 44.2 Å². The first-order chi connectivity index (χ1) is 14.0. The van der Waals surface area contributed by atoms with Crippen LogP contribution in [0.25, 0.3) is 0 Å². The van der Waals surface area contributed by atoms with Crippen molar-refractivity contribution >= 4 is 17.8 Å². The molecule has 0 aliphatic carbocycles. The van der Waals surface area contributed by atoms with Crippen LogP contribution in [0, 0.1) is 0 Å². The molecule has 1 fully saturated rings. The van der Waals surface area contributed by atoms with Crippen molar-refractivity contribution in [3.8, 4) is 0 Å². The molecule has 0 bridgehead atoms. The summed E-state index contributed by atoms with van der Waals surface area (Å²) >= 11 is 0. The van der Waals surface area contributed by atoms with E-state index in [1.165, 1.54) is 0 Å². The summed E-state index contributed by atoms with van der Waals surface area (Å²) < 4.78 is 0. The average Bonchev–Trinajstić information content (AvgIpc) is 2.73. The summed E-state index contributed by atoms with van der Waals surface area (Å²) in [5.41, 5.74) is 1.02. The smallest absolute Gasteiger partial charge is 0.315 e. The van der Waals surface area contributed by atoms with Gasteiger partial charge in [0.25, 0.3) is 0 Å². The maximum atomic E-state index is 12.3. The van der Waals surface area contributed by atoms with Gasteiger partial charge in [-0.2, -0.15) is 0 Å². The summed E-state index contributed by atoms with van der Waals surface area (Å²) in [6.07, 6.45) is 1.18. The minimum Gasteiger partial charge on any atom is -0.353 e. The van der Waals surface area contributed by atoms with E-state index >= 15 is 0 Å². The van der Waals surface area contributed by atoms with Gasteiger partial charge < -0.3 is 20.9 Å². The average molecular weight is 404 g/mol. The Bertz CT molecular complexity index is 660. The minimum absolute atomic E-state index is 0.0251. The monoisotopic (exact) mass is 403 g/mol. The van der Waals surface area contributed by atoms with Gasteiger partial charge in [0.05, 0.1) is 6.54 Å². The summed E-state index contributed by atoms with van der Waals surface area (Å²) in [6.45, 7) is 7.74. The lowest BCUT2D eigenvalue weighted by Crippen LogP contribution is -2.52. The van der Waals surface area contributed by atoms with Crippen molar-refractivity contribution in [2.75, 3.05) is 39.3 Å². The molecule has 1 heterocycles. The van der Waals surface area contributed by atoms with E-state index in [9.17, 15) is 14.4 Å². The van der Waals surface area contributed by atoms with Gasteiger partial charge >= 0.3 is 6.03 Å². The fourth-order valence-electron chi connectivity index (χ4n) is 3.06. The number of carbonyl (C=O) groups excluding carboxylic acids is 3. The number of hydrogen-bond acceptors (Lipinski definition) is 4. The topological polar surface area (TPSA) is 93.8 Å². The number of nitrogens with zero attached hydrogens (tertiary/aromatic N) is 2. The first-order valence-electron chi connectivity index (χ1n) is 10.3. The number of urea groups is 1. The van der Waals surface area contributed by atoms with E-state index in [-0.39, 0.29) is 30.3 Å². The van der Waals surface area contributed by atoms with Crippen LogP contribution in [0.5, 0.6) is 0 Å². The van der Waals surface area contributed by atoms with E-state index in [2.05, 4.69) is 20.9 Å². The van der Waals surface area contributed by atoms with E-state index in [4.69, 9.17) is 0 Å². The molecule has 160 valence electrons. The van der Waals surface area contributed by atoms with Crippen molar-refractivity contribution in [3.05, 3.63) is 35.9 Å². The molecule has 0 aromatic heterocycles. The van der Waals surface area contributed by atoms with Gasteiger partial charge in [-0.1, -0.05) is 37.3 Å². The number of benzene rings is 1. The molecule has 8 heteroatoms. The van der Waals surface area contributed by atoms with Gasteiger partial charge in [-0.05, 0) is 18.9 Å². The van der Waals surface area contributed by atoms with Crippen LogP contribution >= 0.6 is 0 Å². The molecule has 0 spiro atoms. The van der Waals surface area contributed by atoms with Crippen LogP contribution in [0.15, 0.2) is 30.3 Å². The van der Waals surface area contributed by atoms with Crippen molar-refractivity contribution in [3.63, 3.8) is 0 Å². The fraction of sp³-hybridized carbons (Fsp3) is 0.571. The minimum atomic E-state index is -0.279. The number of nitrogens with one attached hydrogen (secondary N) is 3. The van der Waals surface area contributed by atoms with Crippen LogP contribution in [0.3, 0.4) is 0 Å². The lowest BCUT2D eigenvalue weighted by atomic mass is 10.2. The van der Waals surface area contributed by atoms with Gasteiger partial charge in [-0.25, -0.2) is 4.79 Å². The molecule has 0 saturated carbocycles. The maximum Gasteiger partial charge on any atom is 0.315 e. The number of amides is 4. The van der Waals surface area contributed by atoms with Gasteiger partial charge in [0.2, 0.25) is 11.8 Å². The zero-order chi connectivity index (χ0) is 21.1. The first kappa shape index (κ1) is 22.7. The molecule has 1 atom stereocenters. The third-order valence-corrected chi connectivity index (χ3v) is 5.03. The fourth-order valence-corrected chi connectivity index (χ4v) is 3.06. The Hall–Kier alpha value is -2.61. The Labute approximate surface area is 173 Å². The highest BCUT2D eigenvalue weighted by Crippen LogP contribution is 2.04. The van der Waals surface area contributed by atoms with E-state index in [0.29, 0.717) is 45.8 Å². The molecule has 1 saturated heterocycles. The van der Waals surface area contributed by atoms with Gasteiger partial charge in [0.1, 0.15) is 0 Å². The van der Waals surface area contributed by atoms with Crippen LogP contribution in [-0.2, 0) is 16.1 Å². The Morgan fingerprint density at radius 3 is 2.38 bits per heavy atom. The lowest BCUT2D eigenvalue weighted by molar-refractivity contribution is -0.133. The summed E-state index contributed by atoms with van der Waals surface area (Å²) in [7, 11) is 0. The SMILES string of the molecule is CCC(C)NC(=O)CN1CCN(C(=O)CCNC(=O)NCc2ccccc2)CC1. The second kappa shape index (κ2) is 12.1. The zero-order valence-electron chi connectivity index (χ0n) is 17.4. The number of carbonyl (C=O) groups is 3. The molecule has 8 nitrogen and oxygen atoms in total. The molecule has 2 rings (SSSR count). The number of rotatable bonds is 9. The molecule has 0 radical (unpaired) electrons. The van der Waals surface area contributed by atoms with Crippen LogP contribution in [0.4, 0.5) is 4.79 Å². The third-order valence-electron chi connectivity index (χ3n) is 5.03. The van der Waals surface area contributed by atoms with Gasteiger partial charge in [-0.15, -0.1) is 0 Å². The van der Waals surface area contributed by atoms with Gasteiger partial charge in [0, 0.05) is 51.7 Å². The van der Waals surface area contributed by atoms with Gasteiger partial charge in [-0.3, -0.25) is 14.5 Å². The Balaban J connectivity index is 1.58. The van der Waals surface area contributed by atoms with Gasteiger partial charge in [0.15, 0.2) is 0 Å². The highest BCUT2D eigenvalue weighted by molar-refractivity contribution is 5.79. The standard InChI is InChI=1S/C21H33N5O3/c1-3-17(2)24-19(27)16-25-11-13-26(14-12-25)20(28)9-10-22-21(29)23-15-18-7-5-4-6-8-18/h4-8,17H,3,9-16H2,1-2H3,(H,24,27)(H2,22,23,29). The summed E-state index contributed by atoms with van der Waals surface area (Å²) in [5.74, 6) is 0.0573. The highest BCUT2D eigenvalue weighted by Gasteiger charge is 2.22. The number of piperazine rings is 1. The predicted octanol–water partition coefficient (Wildman–Crippen LogP) is 0.935. The summed E-state index contributed by atoms with van der Waals surface area (Å²) in [5, 5.41) is 8.46. The zero-order valence-corrected chi connectivity index (χ0v) is 17.4. The summed E-state index contributed by atoms with van der Waals surface area (Å²) in [6, 6.07) is 9.56. The molecular formula is C21H33N5O3. The second-order valence-corrected chi connectivity index (χ2v) is 7.38. The molecule has 1 aromatic carbocycles. The van der Waals surface area contributed by atoms with Crippen molar-refractivity contribution in [1.29, 1.82) is 0 Å². The second-order valence-electron chi connectivity index (χ2n) is 7.38. The third kappa shape index (κ3) is 8.51. The Morgan fingerprint density at radius 1 is 1.03 bits per heavy atom. The van der Waals surface area contributed by atoms with Crippen LogP contribution in [0.1, 0.15) is 32.3 Å². The molecule has 1 aliphatic heterocycles. The largest absolute Gasteiger partial charge is 0.353 e. The van der Waals surface area contributed by atoms with Crippen LogP contribution in [0.2, 0.25) is 0 Å². The molecular weight excluding hydrogens is 370 g/mol. The first-order valence-corrected chi connectivity index (χ1v) is 10.3. The molecule has 1 aromatic rings. The molecule has 1 unspecified atom stereocenters. The number of hydrogen-bond donors (Lipinski definition) is 3. The van der Waals surface area contributed by atoms with Crippen molar-refractivity contribution < 1.29 is 14.4 Å². The van der Waals surface area contributed by atoms with E-state index in [0.717, 1.165) is 12.0 Å². The van der Waals surface area contributed by atoms with Crippen molar-refractivity contribution in [2.24, 2.45) is 0 Å². The van der Waals surface area contributed by atoms with Crippen LogP contribution in [-0.4, -0.2) is 73.0 Å². The molecule has 1 aliphatic rings. The van der Waals surface area contributed by atoms with Crippen molar-refractivity contribution in [1.82, 2.24) is 25.8 Å². The van der Waals surface area contributed by atoms with Crippen LogP contribution < -0.4 is 16.0 Å². The Kier molecular flexibility index (Phi) is 9.43. The Morgan fingerprint density at radius 2 is 1.72 bits per heavy atom.